The molecule has 0 radical (unpaired) electrons. The van der Waals surface area contributed by atoms with E-state index in [0.717, 1.165) is 63.9 Å². The van der Waals surface area contributed by atoms with Crippen molar-refractivity contribution in [3.05, 3.63) is 65.7 Å². The number of benzene rings is 2. The van der Waals surface area contributed by atoms with Crippen LogP contribution < -0.4 is 10.1 Å². The van der Waals surface area contributed by atoms with Crippen LogP contribution in [0.4, 0.5) is 0 Å². The molecule has 1 fully saturated rings. The van der Waals surface area contributed by atoms with Crippen molar-refractivity contribution >= 4 is 5.96 Å². The molecule has 0 aromatic heterocycles. The molecule has 160 valence electrons. The normalized spacial score (nSPS) is 21.2. The predicted molar refractivity (Wildman–Crippen MR) is 121 cm³/mol. The summed E-state index contributed by atoms with van der Waals surface area (Å²) in [5.41, 5.74) is 2.52. The van der Waals surface area contributed by atoms with Gasteiger partial charge in [0.05, 0.1) is 19.8 Å². The van der Waals surface area contributed by atoms with Crippen LogP contribution in [-0.2, 0) is 11.3 Å². The Balaban J connectivity index is 1.31. The van der Waals surface area contributed by atoms with Gasteiger partial charge in [-0.2, -0.15) is 0 Å². The summed E-state index contributed by atoms with van der Waals surface area (Å²) in [4.78, 5) is 7.41. The first-order chi connectivity index (χ1) is 14.8. The number of guanidine groups is 1. The molecule has 2 heterocycles. The number of nitrogens with zero attached hydrogens (tertiary/aromatic N) is 2. The Morgan fingerprint density at radius 3 is 2.83 bits per heavy atom. The molecule has 0 amide bonds. The van der Waals surface area contributed by atoms with E-state index in [9.17, 15) is 0 Å². The van der Waals surface area contributed by atoms with Crippen molar-refractivity contribution < 1.29 is 9.47 Å². The maximum absolute atomic E-state index is 5.99. The molecule has 2 atom stereocenters. The topological polar surface area (TPSA) is 46.1 Å². The fraction of sp³-hybridized carbons (Fsp3) is 0.480. The van der Waals surface area contributed by atoms with E-state index in [-0.39, 0.29) is 0 Å². The summed E-state index contributed by atoms with van der Waals surface area (Å²) in [6.07, 6.45) is 2.18. The molecule has 2 aliphatic heterocycles. The minimum atomic E-state index is 0.427. The van der Waals surface area contributed by atoms with Crippen molar-refractivity contribution in [2.75, 3.05) is 39.4 Å². The SMILES string of the molecule is CCNC(=NCC1CCOc2ccccc21)N1CCC(COCc2ccccc2)C1. The lowest BCUT2D eigenvalue weighted by Gasteiger charge is -2.26. The summed E-state index contributed by atoms with van der Waals surface area (Å²) in [5, 5.41) is 3.49. The van der Waals surface area contributed by atoms with Crippen LogP contribution >= 0.6 is 0 Å². The lowest BCUT2D eigenvalue weighted by atomic mass is 9.93. The van der Waals surface area contributed by atoms with Crippen LogP contribution in [0.1, 0.15) is 36.8 Å². The molecule has 2 aliphatic rings. The number of fused-ring (bicyclic) bond motifs is 1. The van der Waals surface area contributed by atoms with E-state index in [1.54, 1.807) is 0 Å². The van der Waals surface area contributed by atoms with Gasteiger partial charge in [0.25, 0.3) is 0 Å². The molecule has 0 bridgehead atoms. The van der Waals surface area contributed by atoms with Gasteiger partial charge < -0.3 is 19.7 Å². The van der Waals surface area contributed by atoms with Gasteiger partial charge in [0.2, 0.25) is 0 Å². The third kappa shape index (κ3) is 5.33. The molecule has 0 spiro atoms. The van der Waals surface area contributed by atoms with Gasteiger partial charge in [-0.25, -0.2) is 0 Å². The molecule has 2 aromatic rings. The maximum atomic E-state index is 5.99. The summed E-state index contributed by atoms with van der Waals surface area (Å²) < 4.78 is 11.8. The average molecular weight is 408 g/mol. The maximum Gasteiger partial charge on any atom is 0.193 e. The molecule has 30 heavy (non-hydrogen) atoms. The molecule has 1 saturated heterocycles. The Hall–Kier alpha value is -2.53. The summed E-state index contributed by atoms with van der Waals surface area (Å²) in [6.45, 7) is 8.13. The quantitative estimate of drug-likeness (QED) is 0.555. The molecule has 0 saturated carbocycles. The smallest absolute Gasteiger partial charge is 0.193 e. The molecular formula is C25H33N3O2. The Morgan fingerprint density at radius 2 is 1.97 bits per heavy atom. The second kappa shape index (κ2) is 10.5. The highest BCUT2D eigenvalue weighted by molar-refractivity contribution is 5.80. The van der Waals surface area contributed by atoms with Crippen molar-refractivity contribution in [2.24, 2.45) is 10.9 Å². The van der Waals surface area contributed by atoms with Gasteiger partial charge in [-0.1, -0.05) is 48.5 Å². The van der Waals surface area contributed by atoms with Gasteiger partial charge in [0.1, 0.15) is 5.75 Å². The van der Waals surface area contributed by atoms with Gasteiger partial charge in [0, 0.05) is 38.0 Å². The number of rotatable bonds is 7. The van der Waals surface area contributed by atoms with Gasteiger partial charge in [-0.15, -0.1) is 0 Å². The first-order valence-electron chi connectivity index (χ1n) is 11.2. The lowest BCUT2D eigenvalue weighted by Crippen LogP contribution is -2.40. The minimum Gasteiger partial charge on any atom is -0.493 e. The van der Waals surface area contributed by atoms with Crippen LogP contribution in [0.5, 0.6) is 5.75 Å². The van der Waals surface area contributed by atoms with Crippen molar-refractivity contribution in [2.45, 2.75) is 32.3 Å². The summed E-state index contributed by atoms with van der Waals surface area (Å²) >= 11 is 0. The number of likely N-dealkylation sites (tertiary alicyclic amines) is 1. The second-order valence-corrected chi connectivity index (χ2v) is 8.17. The third-order valence-electron chi connectivity index (χ3n) is 5.93. The number of ether oxygens (including phenoxy) is 2. The summed E-state index contributed by atoms with van der Waals surface area (Å²) in [5.74, 6) is 3.04. The first-order valence-corrected chi connectivity index (χ1v) is 11.2. The average Bonchev–Trinajstić information content (AvgIpc) is 3.26. The molecule has 4 rings (SSSR count). The van der Waals surface area contributed by atoms with Crippen molar-refractivity contribution in [3.63, 3.8) is 0 Å². The largest absolute Gasteiger partial charge is 0.493 e. The Bertz CT molecular complexity index is 824. The van der Waals surface area contributed by atoms with E-state index in [4.69, 9.17) is 14.5 Å². The number of hydrogen-bond acceptors (Lipinski definition) is 3. The van der Waals surface area contributed by atoms with Crippen LogP contribution in [0.15, 0.2) is 59.6 Å². The van der Waals surface area contributed by atoms with Gasteiger partial charge in [-0.3, -0.25) is 4.99 Å². The molecule has 2 aromatic carbocycles. The molecule has 5 nitrogen and oxygen atoms in total. The zero-order chi connectivity index (χ0) is 20.6. The second-order valence-electron chi connectivity index (χ2n) is 8.17. The molecule has 1 N–H and O–H groups in total. The Morgan fingerprint density at radius 1 is 1.13 bits per heavy atom. The fourth-order valence-electron chi connectivity index (χ4n) is 4.31. The number of nitrogens with one attached hydrogen (secondary N) is 1. The lowest BCUT2D eigenvalue weighted by molar-refractivity contribution is 0.0906. The predicted octanol–water partition coefficient (Wildman–Crippen LogP) is 4.06. The summed E-state index contributed by atoms with van der Waals surface area (Å²) in [7, 11) is 0. The van der Waals surface area contributed by atoms with E-state index >= 15 is 0 Å². The van der Waals surface area contributed by atoms with Gasteiger partial charge in [-0.05, 0) is 37.0 Å². The standard InChI is InChI=1S/C25H33N3O2/c1-2-26-25(27-16-22-13-15-30-24-11-7-6-10-23(22)24)28-14-12-21(17-28)19-29-18-20-8-4-3-5-9-20/h3-11,21-22H,2,12-19H2,1H3,(H,26,27). The van der Waals surface area contributed by atoms with E-state index in [1.807, 2.05) is 12.1 Å². The number of hydrogen-bond donors (Lipinski definition) is 1. The van der Waals surface area contributed by atoms with E-state index in [1.165, 1.54) is 11.1 Å². The number of para-hydroxylation sites is 1. The van der Waals surface area contributed by atoms with Crippen LogP contribution in [0.3, 0.4) is 0 Å². The molecule has 2 unspecified atom stereocenters. The first kappa shape index (κ1) is 20.7. The van der Waals surface area contributed by atoms with Crippen LogP contribution in [-0.4, -0.2) is 50.3 Å². The molecular weight excluding hydrogens is 374 g/mol. The van der Waals surface area contributed by atoms with E-state index in [2.05, 4.69) is 59.6 Å². The monoisotopic (exact) mass is 407 g/mol. The highest BCUT2D eigenvalue weighted by atomic mass is 16.5. The van der Waals surface area contributed by atoms with E-state index < -0.39 is 0 Å². The van der Waals surface area contributed by atoms with Gasteiger partial charge in [0.15, 0.2) is 5.96 Å². The fourth-order valence-corrected chi connectivity index (χ4v) is 4.31. The minimum absolute atomic E-state index is 0.427. The van der Waals surface area contributed by atoms with Crippen molar-refractivity contribution in [1.82, 2.24) is 10.2 Å². The van der Waals surface area contributed by atoms with Crippen molar-refractivity contribution in [3.8, 4) is 5.75 Å². The van der Waals surface area contributed by atoms with Crippen LogP contribution in [0, 0.1) is 5.92 Å². The highest BCUT2D eigenvalue weighted by Crippen LogP contribution is 2.33. The van der Waals surface area contributed by atoms with Crippen LogP contribution in [0.25, 0.3) is 0 Å². The molecule has 5 heteroatoms. The summed E-state index contributed by atoms with van der Waals surface area (Å²) in [6, 6.07) is 18.8. The Kier molecular flexibility index (Phi) is 7.25. The van der Waals surface area contributed by atoms with Gasteiger partial charge >= 0.3 is 0 Å². The van der Waals surface area contributed by atoms with Crippen molar-refractivity contribution in [1.29, 1.82) is 0 Å². The van der Waals surface area contributed by atoms with E-state index in [0.29, 0.717) is 18.4 Å². The zero-order valence-electron chi connectivity index (χ0n) is 17.9. The number of aliphatic imine (C=N–C) groups is 1. The highest BCUT2D eigenvalue weighted by Gasteiger charge is 2.26. The third-order valence-corrected chi connectivity index (χ3v) is 5.93. The zero-order valence-corrected chi connectivity index (χ0v) is 17.9. The Labute approximate surface area is 180 Å². The van der Waals surface area contributed by atoms with Crippen LogP contribution in [0.2, 0.25) is 0 Å². The molecule has 0 aliphatic carbocycles.